The van der Waals surface area contributed by atoms with E-state index in [4.69, 9.17) is 5.14 Å². The molecule has 3 aromatic rings. The van der Waals surface area contributed by atoms with Crippen LogP contribution in [0.1, 0.15) is 61.8 Å². The molecule has 0 saturated carbocycles. The lowest BCUT2D eigenvalue weighted by atomic mass is 9.88. The van der Waals surface area contributed by atoms with Crippen molar-refractivity contribution in [3.05, 3.63) is 82.9 Å². The smallest absolute Gasteiger partial charge is 0.305 e. The number of nitrogens with one attached hydrogen (secondary N) is 1. The first-order chi connectivity index (χ1) is 16.9. The van der Waals surface area contributed by atoms with E-state index < -0.39 is 15.9 Å². The van der Waals surface area contributed by atoms with Crippen LogP contribution in [0.2, 0.25) is 0 Å². The Hall–Kier alpha value is -3.00. The Morgan fingerprint density at radius 3 is 1.92 bits per heavy atom. The molecule has 0 aromatic heterocycles. The summed E-state index contributed by atoms with van der Waals surface area (Å²) in [5.41, 5.74) is 7.18. The van der Waals surface area contributed by atoms with Crippen molar-refractivity contribution in [2.45, 2.75) is 57.9 Å². The third-order valence-corrected chi connectivity index (χ3v) is 7.42. The molecule has 36 heavy (non-hydrogen) atoms. The molecule has 3 N–H and O–H groups in total. The molecule has 0 aliphatic rings. The van der Waals surface area contributed by atoms with Crippen LogP contribution in [0.3, 0.4) is 0 Å². The van der Waals surface area contributed by atoms with Crippen LogP contribution in [0.5, 0.6) is 0 Å². The molecule has 3 aromatic carbocycles. The zero-order valence-electron chi connectivity index (χ0n) is 22.3. The summed E-state index contributed by atoms with van der Waals surface area (Å²) in [4.78, 5) is 15.4. The maximum Gasteiger partial charge on any atom is 0.354 e. The molecule has 3 rings (SSSR count). The van der Waals surface area contributed by atoms with Crippen molar-refractivity contribution in [2.75, 3.05) is 19.4 Å². The lowest BCUT2D eigenvalue weighted by Crippen LogP contribution is -2.19. The summed E-state index contributed by atoms with van der Waals surface area (Å²) >= 11 is 0. The maximum absolute atomic E-state index is 13.2. The Balaban J connectivity index is 1.99. The van der Waals surface area contributed by atoms with Crippen molar-refractivity contribution in [1.82, 2.24) is 4.90 Å². The second-order valence-electron chi connectivity index (χ2n) is 10.2. The Labute approximate surface area is 216 Å². The third-order valence-electron chi connectivity index (χ3n) is 6.04. The van der Waals surface area contributed by atoms with Crippen LogP contribution in [-0.2, 0) is 16.5 Å². The van der Waals surface area contributed by atoms with E-state index >= 15 is 0 Å². The van der Waals surface area contributed by atoms with E-state index in [1.807, 2.05) is 31.1 Å². The second-order valence-corrected chi connectivity index (χ2v) is 12.0. The standard InChI is InChI=1S/C29H38N4O2S/c1-19(2)26-16-24(23-12-8-21(5)9-13-23)17-27(20(3)4)28(26)31-29(34)32-36(30,35)25-14-10-22(11-15-25)18-33(6)7/h8-17,19-20H,18H2,1-7H3,(H3,30,31,32,34,35). The van der Waals surface area contributed by atoms with Gasteiger partial charge in [-0.25, -0.2) is 14.1 Å². The molecule has 0 saturated heterocycles. The molecule has 0 radical (unpaired) electrons. The largest absolute Gasteiger partial charge is 0.354 e. The highest BCUT2D eigenvalue weighted by Crippen LogP contribution is 2.37. The van der Waals surface area contributed by atoms with E-state index in [-0.39, 0.29) is 11.8 Å². The molecule has 0 aliphatic carbocycles. The zero-order valence-corrected chi connectivity index (χ0v) is 23.1. The molecular formula is C29H38N4O2S. The first kappa shape index (κ1) is 27.6. The summed E-state index contributed by atoms with van der Waals surface area (Å²) < 4.78 is 17.1. The molecule has 0 bridgehead atoms. The Bertz CT molecular complexity index is 1310. The van der Waals surface area contributed by atoms with Gasteiger partial charge in [0.2, 0.25) is 0 Å². The maximum atomic E-state index is 13.2. The van der Waals surface area contributed by atoms with Gasteiger partial charge in [-0.1, -0.05) is 69.7 Å². The summed E-state index contributed by atoms with van der Waals surface area (Å²) in [6.45, 7) is 11.2. The fraction of sp³-hybridized carbons (Fsp3) is 0.345. The number of carbonyl (C=O) groups is 1. The number of carbonyl (C=O) groups excluding carboxylic acids is 1. The topological polar surface area (TPSA) is 87.8 Å². The SMILES string of the molecule is Cc1ccc(-c2cc(C(C)C)c(NC(=O)N=S(N)(=O)c3ccc(CN(C)C)cc3)c(C(C)C)c2)cc1. The number of aryl methyl sites for hydroxylation is 1. The lowest BCUT2D eigenvalue weighted by Gasteiger charge is -2.22. The molecule has 0 heterocycles. The van der Waals surface area contributed by atoms with Crippen molar-refractivity contribution in [3.63, 3.8) is 0 Å². The number of hydrogen-bond acceptors (Lipinski definition) is 3. The first-order valence-corrected chi connectivity index (χ1v) is 13.8. The van der Waals surface area contributed by atoms with Gasteiger partial charge in [0.25, 0.3) is 0 Å². The number of amides is 2. The number of rotatable bonds is 7. The summed E-state index contributed by atoms with van der Waals surface area (Å²) in [5, 5.41) is 8.96. The number of anilines is 1. The van der Waals surface area contributed by atoms with E-state index in [1.165, 1.54) is 5.56 Å². The van der Waals surface area contributed by atoms with Gasteiger partial charge in [0.1, 0.15) is 9.92 Å². The van der Waals surface area contributed by atoms with Crippen molar-refractivity contribution < 1.29 is 9.00 Å². The predicted octanol–water partition coefficient (Wildman–Crippen LogP) is 6.90. The highest BCUT2D eigenvalue weighted by Gasteiger charge is 2.19. The highest BCUT2D eigenvalue weighted by atomic mass is 32.2. The highest BCUT2D eigenvalue weighted by molar-refractivity contribution is 7.91. The van der Waals surface area contributed by atoms with Gasteiger partial charge in [-0.05, 0) is 84.9 Å². The van der Waals surface area contributed by atoms with Crippen molar-refractivity contribution in [3.8, 4) is 11.1 Å². The molecule has 0 fully saturated rings. The van der Waals surface area contributed by atoms with E-state index in [1.54, 1.807) is 12.1 Å². The first-order valence-electron chi connectivity index (χ1n) is 12.2. The monoisotopic (exact) mass is 506 g/mol. The van der Waals surface area contributed by atoms with Gasteiger partial charge in [-0.2, -0.15) is 0 Å². The average Bonchev–Trinajstić information content (AvgIpc) is 2.79. The number of nitrogens with zero attached hydrogens (tertiary/aromatic N) is 2. The minimum absolute atomic E-state index is 0.148. The molecule has 7 heteroatoms. The van der Waals surface area contributed by atoms with Crippen LogP contribution in [0.15, 0.2) is 69.9 Å². The molecule has 192 valence electrons. The number of nitrogens with two attached hydrogens (primary N) is 1. The Morgan fingerprint density at radius 2 is 1.44 bits per heavy atom. The van der Waals surface area contributed by atoms with E-state index in [0.29, 0.717) is 10.6 Å². The van der Waals surface area contributed by atoms with Gasteiger partial charge in [-0.15, -0.1) is 4.36 Å². The fourth-order valence-corrected chi connectivity index (χ4v) is 5.04. The van der Waals surface area contributed by atoms with Crippen LogP contribution >= 0.6 is 0 Å². The van der Waals surface area contributed by atoms with Crippen LogP contribution in [-0.4, -0.2) is 29.2 Å². The second kappa shape index (κ2) is 11.4. The normalized spacial score (nSPS) is 13.2. The van der Waals surface area contributed by atoms with E-state index in [2.05, 4.69) is 80.7 Å². The van der Waals surface area contributed by atoms with Gasteiger partial charge < -0.3 is 10.2 Å². The van der Waals surface area contributed by atoms with Gasteiger partial charge in [0, 0.05) is 12.2 Å². The Kier molecular flexibility index (Phi) is 8.71. The molecule has 1 atom stereocenters. The third kappa shape index (κ3) is 6.81. The summed E-state index contributed by atoms with van der Waals surface area (Å²) in [6, 6.07) is 19.0. The zero-order chi connectivity index (χ0) is 26.6. The van der Waals surface area contributed by atoms with Gasteiger partial charge in [0.15, 0.2) is 0 Å². The Morgan fingerprint density at radius 1 is 0.917 bits per heavy atom. The summed E-state index contributed by atoms with van der Waals surface area (Å²) in [7, 11) is 0.555. The van der Waals surface area contributed by atoms with Crippen molar-refractivity contribution in [2.24, 2.45) is 9.50 Å². The van der Waals surface area contributed by atoms with Crippen molar-refractivity contribution in [1.29, 1.82) is 0 Å². The molecule has 1 unspecified atom stereocenters. The average molecular weight is 507 g/mol. The quantitative estimate of drug-likeness (QED) is 0.365. The van der Waals surface area contributed by atoms with Gasteiger partial charge >= 0.3 is 6.03 Å². The number of hydrogen-bond donors (Lipinski definition) is 2. The van der Waals surface area contributed by atoms with E-state index in [0.717, 1.165) is 34.4 Å². The summed E-state index contributed by atoms with van der Waals surface area (Å²) in [6.07, 6.45) is 0. The molecule has 2 amide bonds. The minimum atomic E-state index is -3.40. The predicted molar refractivity (Wildman–Crippen MR) is 151 cm³/mol. The lowest BCUT2D eigenvalue weighted by molar-refractivity contribution is 0.260. The number of benzene rings is 3. The van der Waals surface area contributed by atoms with E-state index in [9.17, 15) is 9.00 Å². The molecule has 6 nitrogen and oxygen atoms in total. The van der Waals surface area contributed by atoms with Crippen LogP contribution in [0.25, 0.3) is 11.1 Å². The van der Waals surface area contributed by atoms with Crippen LogP contribution < -0.4 is 10.5 Å². The van der Waals surface area contributed by atoms with Crippen LogP contribution in [0.4, 0.5) is 10.5 Å². The van der Waals surface area contributed by atoms with Crippen molar-refractivity contribution >= 4 is 21.6 Å². The summed E-state index contributed by atoms with van der Waals surface area (Å²) in [5.74, 6) is 0.296. The minimum Gasteiger partial charge on any atom is -0.305 e. The van der Waals surface area contributed by atoms with Crippen LogP contribution in [0, 0.1) is 6.92 Å². The molecule has 0 spiro atoms. The fourth-order valence-electron chi connectivity index (χ4n) is 4.12. The molecular weight excluding hydrogens is 468 g/mol. The number of urea groups is 1. The molecule has 0 aliphatic heterocycles. The van der Waals surface area contributed by atoms with Gasteiger partial charge in [-0.3, -0.25) is 0 Å². The van der Waals surface area contributed by atoms with Gasteiger partial charge in [0.05, 0.1) is 4.90 Å².